The molecule has 0 heterocycles. The summed E-state index contributed by atoms with van der Waals surface area (Å²) in [6, 6.07) is 0. The summed E-state index contributed by atoms with van der Waals surface area (Å²) in [5, 5.41) is 7.60. The van der Waals surface area contributed by atoms with Gasteiger partial charge in [0.15, 0.2) is 0 Å². The molecule has 6 heteroatoms. The number of rotatable bonds is 11. The number of carboxylic acids is 1. The molecule has 5 nitrogen and oxygen atoms in total. The Bertz CT molecular complexity index is 232. The van der Waals surface area contributed by atoms with Crippen molar-refractivity contribution in [2.45, 2.75) is 71.1 Å². The minimum atomic E-state index is -0.968. The van der Waals surface area contributed by atoms with Crippen LogP contribution in [0, 0.1) is 0 Å². The molecule has 0 bridgehead atoms. The van der Waals surface area contributed by atoms with Gasteiger partial charge in [-0.2, -0.15) is 0 Å². The van der Waals surface area contributed by atoms with Crippen molar-refractivity contribution in [3.8, 4) is 0 Å². The number of primary amides is 1. The van der Waals surface area contributed by atoms with Gasteiger partial charge < -0.3 is 18.0 Å². The molecule has 0 aromatic heterocycles. The van der Waals surface area contributed by atoms with Crippen LogP contribution in [0.2, 0.25) is 0 Å². The van der Waals surface area contributed by atoms with Crippen LogP contribution in [0.5, 0.6) is 0 Å². The maximum absolute atomic E-state index is 10.4. The molecule has 0 aromatic rings. The number of carbonyl (C=O) groups excluding carboxylic acids is 1. The van der Waals surface area contributed by atoms with E-state index in [4.69, 9.17) is 10.8 Å². The van der Waals surface area contributed by atoms with E-state index in [2.05, 4.69) is 12.7 Å². The molecule has 20 heavy (non-hydrogen) atoms. The molecule has 1 amide bonds. The Morgan fingerprint density at radius 1 is 0.950 bits per heavy atom. The molecule has 0 aliphatic heterocycles. The molecule has 0 radical (unpaired) electrons. The van der Waals surface area contributed by atoms with E-state index in [1.165, 1.54) is 44.9 Å². The minimum Gasteiger partial charge on any atom is -1.00 e. The van der Waals surface area contributed by atoms with Gasteiger partial charge in [-0.05, 0) is 6.42 Å². The number of nitrogens with two attached hydrogens (primary N) is 2. The fraction of sp³-hybridized carbons (Fsp3) is 0.857. The summed E-state index contributed by atoms with van der Waals surface area (Å²) >= 11 is 0. The fourth-order valence-electron chi connectivity index (χ4n) is 1.61. The Morgan fingerprint density at radius 3 is 1.60 bits per heavy atom. The molecule has 0 aliphatic rings. The third-order valence-corrected chi connectivity index (χ3v) is 2.70. The predicted molar refractivity (Wildman–Crippen MR) is 78.8 cm³/mol. The zero-order chi connectivity index (χ0) is 14.9. The topological polar surface area (TPSA) is 106 Å². The van der Waals surface area contributed by atoms with Crippen LogP contribution in [-0.4, -0.2) is 23.5 Å². The first-order valence-corrected chi connectivity index (χ1v) is 7.24. The van der Waals surface area contributed by atoms with Gasteiger partial charge in [0.1, 0.15) is 0 Å². The molecule has 0 saturated carbocycles. The molecule has 0 spiro atoms. The molecule has 116 valence electrons. The first-order valence-electron chi connectivity index (χ1n) is 7.24. The van der Waals surface area contributed by atoms with E-state index in [0.717, 1.165) is 12.8 Å². The van der Waals surface area contributed by atoms with Crippen molar-refractivity contribution in [3.63, 3.8) is 0 Å². The summed E-state index contributed by atoms with van der Waals surface area (Å²) in [5.74, 6) is -1.13. The van der Waals surface area contributed by atoms with E-state index in [9.17, 15) is 9.59 Å². The third kappa shape index (κ3) is 30.7. The van der Waals surface area contributed by atoms with Crippen LogP contribution in [0.3, 0.4) is 0 Å². The van der Waals surface area contributed by atoms with Crippen molar-refractivity contribution in [3.05, 3.63) is 0 Å². The van der Waals surface area contributed by atoms with Crippen LogP contribution in [0.4, 0.5) is 0 Å². The van der Waals surface area contributed by atoms with E-state index >= 15 is 0 Å². The summed E-state index contributed by atoms with van der Waals surface area (Å²) < 4.78 is 0. The molecule has 0 fully saturated rings. The normalized spacial score (nSPS) is 9.10. The Kier molecular flexibility index (Phi) is 26.4. The van der Waals surface area contributed by atoms with E-state index < -0.39 is 5.97 Å². The number of carbonyl (C=O) groups is 2. The van der Waals surface area contributed by atoms with Crippen LogP contribution < -0.4 is 41.0 Å². The summed E-state index contributed by atoms with van der Waals surface area (Å²) in [5.41, 5.74) is 9.62. The van der Waals surface area contributed by atoms with Crippen molar-refractivity contribution in [1.29, 1.82) is 0 Å². The second-order valence-electron chi connectivity index (χ2n) is 4.64. The molecule has 5 N–H and O–H groups in total. The van der Waals surface area contributed by atoms with Crippen LogP contribution in [0.1, 0.15) is 72.6 Å². The molecule has 0 aliphatic carbocycles. The second-order valence-corrected chi connectivity index (χ2v) is 4.64. The van der Waals surface area contributed by atoms with Gasteiger partial charge in [0.05, 0.1) is 6.54 Å². The fourth-order valence-corrected chi connectivity index (χ4v) is 1.61. The van der Waals surface area contributed by atoms with Gasteiger partial charge in [-0.15, -0.1) is 0 Å². The number of carboxylic acid groups (broad SMARTS) is 1. The summed E-state index contributed by atoms with van der Waals surface area (Å²) in [6.45, 7) is 1.96. The van der Waals surface area contributed by atoms with Gasteiger partial charge in [-0.1, -0.05) is 58.3 Å². The van der Waals surface area contributed by atoms with Crippen molar-refractivity contribution in [1.82, 2.24) is 0 Å². The summed E-state index contributed by atoms with van der Waals surface area (Å²) in [7, 11) is 0. The van der Waals surface area contributed by atoms with Crippen molar-refractivity contribution in [2.24, 2.45) is 11.5 Å². The zero-order valence-electron chi connectivity index (χ0n) is 14.2. The molecule has 0 atom stereocenters. The quantitative estimate of drug-likeness (QED) is 0.354. The van der Waals surface area contributed by atoms with E-state index in [-0.39, 0.29) is 43.4 Å². The SMILES string of the molecule is CCCCCCCCCCCC(N)=O.NCC(=O)O.[H-].[Na+]. The number of hydrogen-bond donors (Lipinski definition) is 3. The van der Waals surface area contributed by atoms with E-state index in [1.54, 1.807) is 0 Å². The van der Waals surface area contributed by atoms with Crippen molar-refractivity contribution < 1.29 is 45.7 Å². The van der Waals surface area contributed by atoms with E-state index in [0.29, 0.717) is 6.42 Å². The maximum atomic E-state index is 10.4. The smallest absolute Gasteiger partial charge is 1.00 e. The van der Waals surface area contributed by atoms with Crippen LogP contribution >= 0.6 is 0 Å². The molecular formula is C14H31N2NaO3. The number of hydrogen-bond acceptors (Lipinski definition) is 3. The van der Waals surface area contributed by atoms with Crippen LogP contribution in [0.25, 0.3) is 0 Å². The Morgan fingerprint density at radius 2 is 1.30 bits per heavy atom. The number of unbranched alkanes of at least 4 members (excludes halogenated alkanes) is 8. The van der Waals surface area contributed by atoms with Gasteiger partial charge in [0.25, 0.3) is 0 Å². The zero-order valence-corrected chi connectivity index (χ0v) is 15.2. The average molecular weight is 298 g/mol. The third-order valence-electron chi connectivity index (χ3n) is 2.70. The van der Waals surface area contributed by atoms with Gasteiger partial charge in [0, 0.05) is 6.42 Å². The minimum absolute atomic E-state index is 0. The standard InChI is InChI=1S/C12H25NO.C2H5NO2.Na.H/c1-2-3-4-5-6-7-8-9-10-11-12(13)14;3-1-2(4)5;;/h2-11H2,1H3,(H2,13,14);1,3H2,(H,4,5);;/q;;+1;-1. The molecular weight excluding hydrogens is 267 g/mol. The first-order chi connectivity index (χ1) is 9.04. The summed E-state index contributed by atoms with van der Waals surface area (Å²) in [6.07, 6.45) is 12.1. The van der Waals surface area contributed by atoms with Crippen LogP contribution in [0.15, 0.2) is 0 Å². The number of amides is 1. The monoisotopic (exact) mass is 298 g/mol. The second kappa shape index (κ2) is 21.2. The molecule has 0 rings (SSSR count). The van der Waals surface area contributed by atoms with Gasteiger partial charge in [0.2, 0.25) is 5.91 Å². The van der Waals surface area contributed by atoms with Gasteiger partial charge in [-0.3, -0.25) is 9.59 Å². The van der Waals surface area contributed by atoms with E-state index in [1.807, 2.05) is 0 Å². The Balaban J connectivity index is -0.000000179. The van der Waals surface area contributed by atoms with Crippen LogP contribution in [-0.2, 0) is 9.59 Å². The molecule has 0 aromatic carbocycles. The van der Waals surface area contributed by atoms with Gasteiger partial charge in [-0.25, -0.2) is 0 Å². The summed E-state index contributed by atoms with van der Waals surface area (Å²) in [4.78, 5) is 19.7. The van der Waals surface area contributed by atoms with Gasteiger partial charge >= 0.3 is 35.5 Å². The first kappa shape index (κ1) is 24.9. The Hall–Kier alpha value is -0.100. The van der Waals surface area contributed by atoms with Crippen molar-refractivity contribution >= 4 is 11.9 Å². The molecule has 0 unspecified atom stereocenters. The predicted octanol–water partition coefficient (Wildman–Crippen LogP) is -0.461. The Labute approximate surface area is 146 Å². The maximum Gasteiger partial charge on any atom is 1.00 e. The largest absolute Gasteiger partial charge is 1.00 e. The number of aliphatic carboxylic acids is 1. The molecule has 0 saturated heterocycles. The average Bonchev–Trinajstić information content (AvgIpc) is 2.37. The van der Waals surface area contributed by atoms with Crippen molar-refractivity contribution in [2.75, 3.05) is 6.54 Å².